The number of nitrogens with one attached hydrogen (secondary N) is 2. The summed E-state index contributed by atoms with van der Waals surface area (Å²) in [6.07, 6.45) is 3.39. The zero-order valence-electron chi connectivity index (χ0n) is 13.5. The summed E-state index contributed by atoms with van der Waals surface area (Å²) in [4.78, 5) is 13.6. The average Bonchev–Trinajstić information content (AvgIpc) is 3.13. The second-order valence-corrected chi connectivity index (χ2v) is 6.53. The van der Waals surface area contributed by atoms with Crippen molar-refractivity contribution in [3.05, 3.63) is 29.2 Å². The van der Waals surface area contributed by atoms with Gasteiger partial charge in [-0.05, 0) is 33.1 Å². The molecule has 0 bridgehead atoms. The molecule has 0 amide bonds. The van der Waals surface area contributed by atoms with E-state index in [1.807, 2.05) is 19.9 Å². The van der Waals surface area contributed by atoms with Crippen LogP contribution in [-0.2, 0) is 4.74 Å². The van der Waals surface area contributed by atoms with Gasteiger partial charge in [0.05, 0.1) is 0 Å². The third kappa shape index (κ3) is 3.19. The number of hydrogen-bond acceptors (Lipinski definition) is 6. The van der Waals surface area contributed by atoms with Crippen LogP contribution in [0.2, 0.25) is 0 Å². The fourth-order valence-corrected chi connectivity index (χ4v) is 3.06. The number of ether oxygens (including phenoxy) is 1. The largest absolute Gasteiger partial charge is 0.370 e. The highest BCUT2D eigenvalue weighted by Crippen LogP contribution is 2.38. The van der Waals surface area contributed by atoms with Crippen LogP contribution >= 0.6 is 0 Å². The molecule has 7 heteroatoms. The maximum Gasteiger partial charge on any atom is 0.179 e. The molecule has 2 aromatic heterocycles. The van der Waals surface area contributed by atoms with Gasteiger partial charge in [0.15, 0.2) is 5.82 Å². The molecule has 3 heterocycles. The summed E-state index contributed by atoms with van der Waals surface area (Å²) < 4.78 is 5.83. The highest BCUT2D eigenvalue weighted by atomic mass is 16.5. The van der Waals surface area contributed by atoms with E-state index in [-0.39, 0.29) is 6.10 Å². The monoisotopic (exact) mass is 314 g/mol. The molecule has 1 saturated heterocycles. The van der Waals surface area contributed by atoms with E-state index in [2.05, 4.69) is 30.5 Å². The summed E-state index contributed by atoms with van der Waals surface area (Å²) in [7, 11) is 0. The molecule has 1 aliphatic heterocycles. The van der Waals surface area contributed by atoms with Gasteiger partial charge in [-0.2, -0.15) is 5.10 Å². The number of aromatic nitrogens is 5. The summed E-state index contributed by atoms with van der Waals surface area (Å²) in [5, 5.41) is 10.6. The summed E-state index contributed by atoms with van der Waals surface area (Å²) in [5.41, 5.74) is 1.02. The van der Waals surface area contributed by atoms with E-state index in [4.69, 9.17) is 4.74 Å². The Morgan fingerprint density at radius 2 is 2.04 bits per heavy atom. The average molecular weight is 314 g/mol. The van der Waals surface area contributed by atoms with Gasteiger partial charge in [-0.15, -0.1) is 0 Å². The molecule has 4 rings (SSSR count). The van der Waals surface area contributed by atoms with Crippen LogP contribution in [0.3, 0.4) is 0 Å². The van der Waals surface area contributed by atoms with Gasteiger partial charge in [-0.25, -0.2) is 15.0 Å². The van der Waals surface area contributed by atoms with Gasteiger partial charge in [0.1, 0.15) is 23.6 Å². The lowest BCUT2D eigenvalue weighted by Gasteiger charge is -2.17. The second-order valence-electron chi connectivity index (χ2n) is 6.53. The maximum absolute atomic E-state index is 5.83. The van der Waals surface area contributed by atoms with Crippen molar-refractivity contribution in [1.29, 1.82) is 0 Å². The first-order chi connectivity index (χ1) is 11.2. The van der Waals surface area contributed by atoms with Crippen LogP contribution in [0.5, 0.6) is 0 Å². The Bertz CT molecular complexity index is 696. The molecule has 0 radical (unpaired) electrons. The highest BCUT2D eigenvalue weighted by molar-refractivity contribution is 5.37. The minimum absolute atomic E-state index is 0.0433. The van der Waals surface area contributed by atoms with E-state index in [0.29, 0.717) is 11.8 Å². The lowest BCUT2D eigenvalue weighted by atomic mass is 10.0. The standard InChI is InChI=1S/C16H22N6O/c1-9-7-13(20-15(18-9)11-3-4-11)17-8-12-5-6-23-14(12)16-19-10(2)21-22-16/h7,11-12,14H,3-6,8H2,1-2H3,(H,17,18,20)(H,19,21,22)/t12-,14-/m0/s1. The molecule has 1 saturated carbocycles. The minimum Gasteiger partial charge on any atom is -0.370 e. The number of rotatable bonds is 5. The molecule has 7 nitrogen and oxygen atoms in total. The first-order valence-corrected chi connectivity index (χ1v) is 8.29. The Labute approximate surface area is 135 Å². The summed E-state index contributed by atoms with van der Waals surface area (Å²) in [6, 6.07) is 2.01. The molecule has 1 aliphatic carbocycles. The number of hydrogen-bond donors (Lipinski definition) is 2. The maximum atomic E-state index is 5.83. The first-order valence-electron chi connectivity index (χ1n) is 8.29. The van der Waals surface area contributed by atoms with Crippen LogP contribution in [0.1, 0.15) is 54.5 Å². The number of nitrogens with zero attached hydrogens (tertiary/aromatic N) is 4. The van der Waals surface area contributed by atoms with Gasteiger partial charge in [-0.1, -0.05) is 0 Å². The predicted molar refractivity (Wildman–Crippen MR) is 85.2 cm³/mol. The van der Waals surface area contributed by atoms with Crippen molar-refractivity contribution in [3.63, 3.8) is 0 Å². The molecule has 0 spiro atoms. The van der Waals surface area contributed by atoms with Crippen LogP contribution in [0.4, 0.5) is 5.82 Å². The van der Waals surface area contributed by atoms with Gasteiger partial charge in [0.2, 0.25) is 0 Å². The lowest BCUT2D eigenvalue weighted by molar-refractivity contribution is 0.0863. The zero-order chi connectivity index (χ0) is 15.8. The molecule has 2 N–H and O–H groups in total. The fraction of sp³-hybridized carbons (Fsp3) is 0.625. The summed E-state index contributed by atoms with van der Waals surface area (Å²) in [5.74, 6) is 4.39. The van der Waals surface area contributed by atoms with Crippen molar-refractivity contribution < 1.29 is 4.74 Å². The quantitative estimate of drug-likeness (QED) is 0.880. The molecular formula is C16H22N6O. The Morgan fingerprint density at radius 3 is 2.78 bits per heavy atom. The smallest absolute Gasteiger partial charge is 0.179 e. The van der Waals surface area contributed by atoms with Gasteiger partial charge in [-0.3, -0.25) is 5.10 Å². The summed E-state index contributed by atoms with van der Waals surface area (Å²) in [6.45, 7) is 5.48. The minimum atomic E-state index is -0.0433. The number of H-pyrrole nitrogens is 1. The Kier molecular flexibility index (Phi) is 3.72. The molecule has 0 unspecified atom stereocenters. The molecule has 2 aliphatic rings. The van der Waals surface area contributed by atoms with Gasteiger partial charge in [0, 0.05) is 36.7 Å². The number of aromatic amines is 1. The molecule has 122 valence electrons. The Hall–Kier alpha value is -2.02. The van der Waals surface area contributed by atoms with Crippen molar-refractivity contribution >= 4 is 5.82 Å². The molecule has 0 aromatic carbocycles. The fourth-order valence-electron chi connectivity index (χ4n) is 3.06. The second kappa shape index (κ2) is 5.88. The van der Waals surface area contributed by atoms with Crippen LogP contribution in [0, 0.1) is 19.8 Å². The normalized spacial score (nSPS) is 24.1. The van der Waals surface area contributed by atoms with E-state index in [9.17, 15) is 0 Å². The number of aryl methyl sites for hydroxylation is 2. The van der Waals surface area contributed by atoms with Crippen molar-refractivity contribution in [2.24, 2.45) is 5.92 Å². The molecule has 2 fully saturated rings. The predicted octanol–water partition coefficient (Wildman–Crippen LogP) is 2.28. The zero-order valence-corrected chi connectivity index (χ0v) is 13.5. The third-order valence-corrected chi connectivity index (χ3v) is 4.44. The van der Waals surface area contributed by atoms with E-state index in [1.54, 1.807) is 0 Å². The Balaban J connectivity index is 1.44. The van der Waals surface area contributed by atoms with E-state index in [0.717, 1.165) is 48.6 Å². The topological polar surface area (TPSA) is 88.6 Å². The van der Waals surface area contributed by atoms with Gasteiger partial charge >= 0.3 is 0 Å². The van der Waals surface area contributed by atoms with E-state index < -0.39 is 0 Å². The molecular weight excluding hydrogens is 292 g/mol. The molecule has 2 atom stereocenters. The van der Waals surface area contributed by atoms with E-state index >= 15 is 0 Å². The summed E-state index contributed by atoms with van der Waals surface area (Å²) >= 11 is 0. The van der Waals surface area contributed by atoms with Crippen molar-refractivity contribution in [2.75, 3.05) is 18.5 Å². The Morgan fingerprint density at radius 1 is 1.17 bits per heavy atom. The van der Waals surface area contributed by atoms with Gasteiger partial charge in [0.25, 0.3) is 0 Å². The van der Waals surface area contributed by atoms with Crippen molar-refractivity contribution in [2.45, 2.75) is 45.1 Å². The molecule has 23 heavy (non-hydrogen) atoms. The van der Waals surface area contributed by atoms with Crippen LogP contribution in [0.25, 0.3) is 0 Å². The third-order valence-electron chi connectivity index (χ3n) is 4.44. The molecule has 2 aromatic rings. The van der Waals surface area contributed by atoms with Crippen molar-refractivity contribution in [3.8, 4) is 0 Å². The van der Waals surface area contributed by atoms with E-state index in [1.165, 1.54) is 12.8 Å². The SMILES string of the molecule is Cc1cc(NC[C@@H]2CCO[C@@H]2c2n[nH]c(C)n2)nc(C2CC2)n1. The first kappa shape index (κ1) is 14.6. The highest BCUT2D eigenvalue weighted by Gasteiger charge is 2.32. The van der Waals surface area contributed by atoms with Crippen LogP contribution < -0.4 is 5.32 Å². The number of anilines is 1. The van der Waals surface area contributed by atoms with Crippen LogP contribution in [-0.4, -0.2) is 38.3 Å². The van der Waals surface area contributed by atoms with Gasteiger partial charge < -0.3 is 10.1 Å². The van der Waals surface area contributed by atoms with Crippen molar-refractivity contribution in [1.82, 2.24) is 25.1 Å². The van der Waals surface area contributed by atoms with Crippen LogP contribution in [0.15, 0.2) is 6.07 Å². The lowest BCUT2D eigenvalue weighted by Crippen LogP contribution is -2.19.